The Morgan fingerprint density at radius 2 is 1.83 bits per heavy atom. The monoisotopic (exact) mass is 487 g/mol. The lowest BCUT2D eigenvalue weighted by atomic mass is 10.1. The van der Waals surface area contributed by atoms with Crippen molar-refractivity contribution in [2.45, 2.75) is 32.0 Å². The molecule has 2 N–H and O–H groups in total. The van der Waals surface area contributed by atoms with Gasteiger partial charge < -0.3 is 10.6 Å². The fraction of sp³-hybridized carbons (Fsp3) is 0.417. The van der Waals surface area contributed by atoms with Crippen LogP contribution in [0.5, 0.6) is 0 Å². The number of amides is 1. The van der Waals surface area contributed by atoms with Crippen molar-refractivity contribution in [2.75, 3.05) is 38.5 Å². The number of anilines is 1. The number of unbranched alkanes of at least 4 members (excludes halogenated alkanes) is 2. The highest BCUT2D eigenvalue weighted by Gasteiger charge is 2.31. The lowest BCUT2D eigenvalue weighted by Crippen LogP contribution is -2.48. The van der Waals surface area contributed by atoms with E-state index in [0.29, 0.717) is 41.9 Å². The number of hydrogen-bond donors (Lipinski definition) is 1. The molecule has 186 valence electrons. The van der Waals surface area contributed by atoms with Crippen molar-refractivity contribution in [3.8, 4) is 11.3 Å². The fourth-order valence-corrected chi connectivity index (χ4v) is 4.33. The van der Waals surface area contributed by atoms with Crippen molar-refractivity contribution in [3.63, 3.8) is 0 Å². The SMILES string of the molecule is C=CC(=O)N1CCN(CCCCCn2nc(-c3cccc(C(F)(F)F)c3)c3c(N)ncnc32)CC1. The Bertz CT molecular complexity index is 1200. The van der Waals surface area contributed by atoms with E-state index in [1.807, 2.05) is 4.90 Å². The maximum absolute atomic E-state index is 13.2. The van der Waals surface area contributed by atoms with Gasteiger partial charge in [0, 0.05) is 38.3 Å². The van der Waals surface area contributed by atoms with Crippen molar-refractivity contribution in [1.29, 1.82) is 0 Å². The molecule has 0 spiro atoms. The number of fused-ring (bicyclic) bond motifs is 1. The van der Waals surface area contributed by atoms with Crippen LogP contribution in [0.25, 0.3) is 22.3 Å². The molecule has 35 heavy (non-hydrogen) atoms. The van der Waals surface area contributed by atoms with Gasteiger partial charge in [-0.1, -0.05) is 25.1 Å². The highest BCUT2D eigenvalue weighted by atomic mass is 19.4. The fourth-order valence-electron chi connectivity index (χ4n) is 4.33. The van der Waals surface area contributed by atoms with Crippen molar-refractivity contribution >= 4 is 22.8 Å². The number of nitrogens with zero attached hydrogens (tertiary/aromatic N) is 6. The minimum Gasteiger partial charge on any atom is -0.383 e. The smallest absolute Gasteiger partial charge is 0.383 e. The first-order valence-corrected chi connectivity index (χ1v) is 11.6. The quantitative estimate of drug-likeness (QED) is 0.386. The number of benzene rings is 1. The van der Waals surface area contributed by atoms with E-state index in [9.17, 15) is 18.0 Å². The minimum absolute atomic E-state index is 0.0231. The van der Waals surface area contributed by atoms with Crippen molar-refractivity contribution in [3.05, 3.63) is 48.8 Å². The second-order valence-electron chi connectivity index (χ2n) is 8.54. The summed E-state index contributed by atoms with van der Waals surface area (Å²) in [5, 5.41) is 5.03. The molecule has 3 aromatic rings. The second-order valence-corrected chi connectivity index (χ2v) is 8.54. The largest absolute Gasteiger partial charge is 0.416 e. The van der Waals surface area contributed by atoms with Crippen LogP contribution >= 0.6 is 0 Å². The molecule has 1 amide bonds. The molecule has 1 saturated heterocycles. The Morgan fingerprint density at radius 3 is 2.54 bits per heavy atom. The Kier molecular flexibility index (Phi) is 7.34. The Hall–Kier alpha value is -3.47. The van der Waals surface area contributed by atoms with Crippen molar-refractivity contribution in [2.24, 2.45) is 0 Å². The third kappa shape index (κ3) is 5.61. The predicted octanol–water partition coefficient (Wildman–Crippen LogP) is 3.59. The summed E-state index contributed by atoms with van der Waals surface area (Å²) in [5.41, 5.74) is 6.49. The maximum Gasteiger partial charge on any atom is 0.416 e. The van der Waals surface area contributed by atoms with E-state index in [1.165, 1.54) is 18.5 Å². The molecule has 8 nitrogen and oxygen atoms in total. The third-order valence-corrected chi connectivity index (χ3v) is 6.22. The molecule has 4 rings (SSSR count). The number of nitrogen functional groups attached to an aromatic ring is 1. The van der Waals surface area contributed by atoms with Gasteiger partial charge in [0.15, 0.2) is 5.65 Å². The van der Waals surface area contributed by atoms with E-state index < -0.39 is 11.7 Å². The number of aromatic nitrogens is 4. The topological polar surface area (TPSA) is 93.2 Å². The van der Waals surface area contributed by atoms with Gasteiger partial charge in [-0.2, -0.15) is 18.3 Å². The Morgan fingerprint density at radius 1 is 1.09 bits per heavy atom. The standard InChI is InChI=1S/C24H28F3N7O/c1-2-19(35)33-13-11-32(12-14-33)9-4-3-5-10-34-23-20(22(28)29-16-30-23)21(31-34)17-7-6-8-18(15-17)24(25,26)27/h2,6-8,15-16H,1,3-5,9-14H2,(H2,28,29,30). The van der Waals surface area contributed by atoms with Crippen molar-refractivity contribution in [1.82, 2.24) is 29.5 Å². The first-order chi connectivity index (χ1) is 16.8. The zero-order valence-electron chi connectivity index (χ0n) is 19.3. The van der Waals surface area contributed by atoms with Gasteiger partial charge in [-0.3, -0.25) is 9.69 Å². The first-order valence-electron chi connectivity index (χ1n) is 11.6. The van der Waals surface area contributed by atoms with E-state index in [1.54, 1.807) is 10.7 Å². The predicted molar refractivity (Wildman–Crippen MR) is 127 cm³/mol. The summed E-state index contributed by atoms with van der Waals surface area (Å²) in [6, 6.07) is 5.03. The summed E-state index contributed by atoms with van der Waals surface area (Å²) in [7, 11) is 0. The third-order valence-electron chi connectivity index (χ3n) is 6.22. The lowest BCUT2D eigenvalue weighted by Gasteiger charge is -2.34. The number of piperazine rings is 1. The molecule has 1 fully saturated rings. The van der Waals surface area contributed by atoms with Crippen LogP contribution in [-0.2, 0) is 17.5 Å². The highest BCUT2D eigenvalue weighted by molar-refractivity contribution is 5.98. The summed E-state index contributed by atoms with van der Waals surface area (Å²) in [6.45, 7) is 8.16. The Labute approximate surface area is 201 Å². The summed E-state index contributed by atoms with van der Waals surface area (Å²) in [4.78, 5) is 24.2. The van der Waals surface area contributed by atoms with Crippen LogP contribution in [0.15, 0.2) is 43.2 Å². The van der Waals surface area contributed by atoms with Crippen LogP contribution in [0.3, 0.4) is 0 Å². The molecule has 2 aromatic heterocycles. The molecule has 1 aromatic carbocycles. The summed E-state index contributed by atoms with van der Waals surface area (Å²) >= 11 is 0. The van der Waals surface area contributed by atoms with Crippen LogP contribution in [0.1, 0.15) is 24.8 Å². The zero-order chi connectivity index (χ0) is 25.0. The van der Waals surface area contributed by atoms with E-state index in [-0.39, 0.29) is 11.7 Å². The average Bonchev–Trinajstić information content (AvgIpc) is 3.23. The molecule has 3 heterocycles. The summed E-state index contributed by atoms with van der Waals surface area (Å²) in [6.07, 6.45) is 1.01. The second kappa shape index (κ2) is 10.4. The molecular weight excluding hydrogens is 459 g/mol. The molecule has 0 radical (unpaired) electrons. The van der Waals surface area contributed by atoms with Crippen LogP contribution in [-0.4, -0.2) is 68.2 Å². The van der Waals surface area contributed by atoms with Gasteiger partial charge in [0.1, 0.15) is 17.8 Å². The van der Waals surface area contributed by atoms with Gasteiger partial charge in [0.25, 0.3) is 0 Å². The van der Waals surface area contributed by atoms with Crippen LogP contribution in [0, 0.1) is 0 Å². The number of carbonyl (C=O) groups is 1. The first kappa shape index (κ1) is 24.6. The van der Waals surface area contributed by atoms with Crippen LogP contribution in [0.4, 0.5) is 19.0 Å². The highest BCUT2D eigenvalue weighted by Crippen LogP contribution is 2.35. The summed E-state index contributed by atoms with van der Waals surface area (Å²) < 4.78 is 41.4. The van der Waals surface area contributed by atoms with Gasteiger partial charge in [-0.25, -0.2) is 14.6 Å². The van der Waals surface area contributed by atoms with E-state index in [2.05, 4.69) is 26.5 Å². The van der Waals surface area contributed by atoms with E-state index in [4.69, 9.17) is 5.73 Å². The molecule has 0 atom stereocenters. The van der Waals surface area contributed by atoms with Crippen LogP contribution in [0.2, 0.25) is 0 Å². The molecule has 11 heteroatoms. The van der Waals surface area contributed by atoms with Crippen molar-refractivity contribution < 1.29 is 18.0 Å². The summed E-state index contributed by atoms with van der Waals surface area (Å²) in [5.74, 6) is 0.160. The zero-order valence-corrected chi connectivity index (χ0v) is 19.3. The number of aryl methyl sites for hydroxylation is 1. The normalized spacial score (nSPS) is 15.0. The molecule has 1 aliphatic heterocycles. The molecule has 0 unspecified atom stereocenters. The molecule has 0 bridgehead atoms. The number of rotatable bonds is 8. The van der Waals surface area contributed by atoms with Gasteiger partial charge in [-0.05, 0) is 37.6 Å². The molecule has 0 saturated carbocycles. The number of halogens is 3. The maximum atomic E-state index is 13.2. The number of alkyl halides is 3. The van der Waals surface area contributed by atoms with Gasteiger partial charge >= 0.3 is 6.18 Å². The number of hydrogen-bond acceptors (Lipinski definition) is 6. The van der Waals surface area contributed by atoms with E-state index >= 15 is 0 Å². The minimum atomic E-state index is -4.45. The Balaban J connectivity index is 1.39. The number of nitrogens with two attached hydrogens (primary N) is 1. The van der Waals surface area contributed by atoms with Crippen LogP contribution < -0.4 is 5.73 Å². The lowest BCUT2D eigenvalue weighted by molar-refractivity contribution is -0.137. The molecule has 1 aliphatic rings. The molecular formula is C24H28F3N7O. The van der Waals surface area contributed by atoms with E-state index in [0.717, 1.165) is 51.0 Å². The molecule has 0 aliphatic carbocycles. The average molecular weight is 488 g/mol. The number of carbonyl (C=O) groups excluding carboxylic acids is 1. The van der Waals surface area contributed by atoms with Gasteiger partial charge in [0.05, 0.1) is 10.9 Å². The van der Waals surface area contributed by atoms with Gasteiger partial charge in [0.2, 0.25) is 5.91 Å². The van der Waals surface area contributed by atoms with Gasteiger partial charge in [-0.15, -0.1) is 0 Å².